The Kier molecular flexibility index (Phi) is 3.80. The van der Waals surface area contributed by atoms with E-state index in [1.165, 1.54) is 17.7 Å². The molecule has 102 valence electrons. The summed E-state index contributed by atoms with van der Waals surface area (Å²) >= 11 is 1.68. The zero-order chi connectivity index (χ0) is 13.2. The van der Waals surface area contributed by atoms with E-state index < -0.39 is 0 Å². The van der Waals surface area contributed by atoms with Gasteiger partial charge in [0, 0.05) is 11.4 Å². The van der Waals surface area contributed by atoms with Gasteiger partial charge in [0.15, 0.2) is 0 Å². The molecule has 1 fully saturated rings. The van der Waals surface area contributed by atoms with E-state index in [2.05, 4.69) is 23.5 Å². The lowest BCUT2D eigenvalue weighted by Crippen LogP contribution is -2.45. The maximum atomic E-state index is 12.4. The predicted octanol–water partition coefficient (Wildman–Crippen LogP) is 2.51. The Balaban J connectivity index is 1.83. The smallest absolute Gasteiger partial charge is 0.240 e. The highest BCUT2D eigenvalue weighted by atomic mass is 32.2. The van der Waals surface area contributed by atoms with Gasteiger partial charge in [-0.3, -0.25) is 4.79 Å². The van der Waals surface area contributed by atoms with Crippen LogP contribution in [0.3, 0.4) is 0 Å². The number of benzene rings is 1. The van der Waals surface area contributed by atoms with Gasteiger partial charge in [-0.15, -0.1) is 11.8 Å². The van der Waals surface area contributed by atoms with Crippen LogP contribution in [0.1, 0.15) is 19.8 Å². The third kappa shape index (κ3) is 2.65. The molecular formula is C15H20N2OS. The molecule has 0 saturated carbocycles. The average Bonchev–Trinajstić information content (AvgIpc) is 2.45. The standard InChI is InChI=1S/C15H20N2OS/c1-11-15(18)17(10-12-5-4-8-16-9-12)13-6-2-3-7-14(13)19-11/h2-3,6-7,11-12,16H,4-5,8-10H2,1H3. The summed E-state index contributed by atoms with van der Waals surface area (Å²) in [4.78, 5) is 15.7. The van der Waals surface area contributed by atoms with Crippen molar-refractivity contribution >= 4 is 23.4 Å². The van der Waals surface area contributed by atoms with Crippen LogP contribution >= 0.6 is 11.8 Å². The van der Waals surface area contributed by atoms with E-state index in [0.29, 0.717) is 5.92 Å². The summed E-state index contributed by atoms with van der Waals surface area (Å²) in [6, 6.07) is 8.26. The van der Waals surface area contributed by atoms with E-state index in [4.69, 9.17) is 0 Å². The minimum Gasteiger partial charge on any atom is -0.316 e. The molecule has 1 saturated heterocycles. The van der Waals surface area contributed by atoms with Crippen LogP contribution in [0.25, 0.3) is 0 Å². The van der Waals surface area contributed by atoms with Gasteiger partial charge in [-0.25, -0.2) is 0 Å². The zero-order valence-corrected chi connectivity index (χ0v) is 12.1. The van der Waals surface area contributed by atoms with Gasteiger partial charge in [-0.05, 0) is 50.9 Å². The molecule has 0 aliphatic carbocycles. The number of para-hydroxylation sites is 1. The highest BCUT2D eigenvalue weighted by Crippen LogP contribution is 2.39. The van der Waals surface area contributed by atoms with E-state index >= 15 is 0 Å². The van der Waals surface area contributed by atoms with Crippen LogP contribution < -0.4 is 10.2 Å². The number of nitrogens with zero attached hydrogens (tertiary/aromatic N) is 1. The first kappa shape index (κ1) is 13.0. The molecule has 2 unspecified atom stereocenters. The fourth-order valence-electron chi connectivity index (χ4n) is 2.89. The van der Waals surface area contributed by atoms with E-state index in [1.54, 1.807) is 11.8 Å². The average molecular weight is 276 g/mol. The lowest BCUT2D eigenvalue weighted by atomic mass is 9.98. The fourth-order valence-corrected chi connectivity index (χ4v) is 3.95. The molecule has 1 aromatic rings. The van der Waals surface area contributed by atoms with Crippen molar-refractivity contribution in [2.24, 2.45) is 5.92 Å². The molecule has 4 heteroatoms. The minimum absolute atomic E-state index is 0.0337. The summed E-state index contributed by atoms with van der Waals surface area (Å²) in [6.45, 7) is 5.02. The Labute approximate surface area is 118 Å². The third-order valence-electron chi connectivity index (χ3n) is 3.91. The van der Waals surface area contributed by atoms with Gasteiger partial charge in [-0.2, -0.15) is 0 Å². The Morgan fingerprint density at radius 1 is 1.42 bits per heavy atom. The fraction of sp³-hybridized carbons (Fsp3) is 0.533. The maximum Gasteiger partial charge on any atom is 0.240 e. The van der Waals surface area contributed by atoms with Gasteiger partial charge in [0.25, 0.3) is 0 Å². The normalized spacial score (nSPS) is 27.2. The highest BCUT2D eigenvalue weighted by Gasteiger charge is 2.32. The summed E-state index contributed by atoms with van der Waals surface area (Å²) in [5, 5.41) is 3.46. The number of carbonyl (C=O) groups excluding carboxylic acids is 1. The summed E-state index contributed by atoms with van der Waals surface area (Å²) in [5.41, 5.74) is 1.10. The van der Waals surface area contributed by atoms with Crippen LogP contribution in [0.5, 0.6) is 0 Å². The van der Waals surface area contributed by atoms with Crippen LogP contribution in [-0.4, -0.2) is 30.8 Å². The molecule has 3 rings (SSSR count). The molecule has 1 N–H and O–H groups in total. The van der Waals surface area contributed by atoms with Gasteiger partial charge >= 0.3 is 0 Å². The SMILES string of the molecule is CC1Sc2ccccc2N(CC2CCCNC2)C1=O. The van der Waals surface area contributed by atoms with Gasteiger partial charge in [-0.1, -0.05) is 12.1 Å². The molecule has 2 aliphatic heterocycles. The largest absolute Gasteiger partial charge is 0.316 e. The first-order valence-electron chi connectivity index (χ1n) is 7.03. The molecule has 2 heterocycles. The van der Waals surface area contributed by atoms with Crippen LogP contribution in [0.4, 0.5) is 5.69 Å². The molecule has 2 aliphatic rings. The quantitative estimate of drug-likeness (QED) is 0.901. The van der Waals surface area contributed by atoms with Crippen LogP contribution in [0.2, 0.25) is 0 Å². The first-order valence-corrected chi connectivity index (χ1v) is 7.91. The number of anilines is 1. The van der Waals surface area contributed by atoms with Crippen molar-refractivity contribution in [2.45, 2.75) is 29.9 Å². The zero-order valence-electron chi connectivity index (χ0n) is 11.3. The number of hydrogen-bond donors (Lipinski definition) is 1. The Morgan fingerprint density at radius 3 is 3.05 bits per heavy atom. The molecular weight excluding hydrogens is 256 g/mol. The van der Waals surface area contributed by atoms with Crippen molar-refractivity contribution in [3.63, 3.8) is 0 Å². The van der Waals surface area contributed by atoms with Crippen molar-refractivity contribution in [3.05, 3.63) is 24.3 Å². The Bertz CT molecular complexity index is 471. The number of fused-ring (bicyclic) bond motifs is 1. The van der Waals surface area contributed by atoms with E-state index in [0.717, 1.165) is 25.3 Å². The second-order valence-electron chi connectivity index (χ2n) is 5.39. The second-order valence-corrected chi connectivity index (χ2v) is 6.77. The number of amides is 1. The van der Waals surface area contributed by atoms with Crippen molar-refractivity contribution in [1.82, 2.24) is 5.32 Å². The molecule has 3 nitrogen and oxygen atoms in total. The monoisotopic (exact) mass is 276 g/mol. The van der Waals surface area contributed by atoms with E-state index in [1.807, 2.05) is 17.9 Å². The highest BCUT2D eigenvalue weighted by molar-refractivity contribution is 8.00. The van der Waals surface area contributed by atoms with Gasteiger partial charge in [0.05, 0.1) is 10.9 Å². The van der Waals surface area contributed by atoms with E-state index in [9.17, 15) is 4.79 Å². The van der Waals surface area contributed by atoms with Crippen LogP contribution in [-0.2, 0) is 4.79 Å². The van der Waals surface area contributed by atoms with Gasteiger partial charge < -0.3 is 10.2 Å². The summed E-state index contributed by atoms with van der Waals surface area (Å²) in [6.07, 6.45) is 2.44. The molecule has 1 amide bonds. The van der Waals surface area contributed by atoms with Gasteiger partial charge in [0.1, 0.15) is 0 Å². The third-order valence-corrected chi connectivity index (χ3v) is 5.07. The van der Waals surface area contributed by atoms with Crippen LogP contribution in [0.15, 0.2) is 29.2 Å². The minimum atomic E-state index is 0.0337. The topological polar surface area (TPSA) is 32.3 Å². The Hall–Kier alpha value is -1.00. The second kappa shape index (κ2) is 5.55. The molecule has 0 spiro atoms. The number of nitrogens with one attached hydrogen (secondary N) is 1. The van der Waals surface area contributed by atoms with Crippen LogP contribution in [0, 0.1) is 5.92 Å². The maximum absolute atomic E-state index is 12.4. The number of rotatable bonds is 2. The predicted molar refractivity (Wildman–Crippen MR) is 79.7 cm³/mol. The summed E-state index contributed by atoms with van der Waals surface area (Å²) in [7, 11) is 0. The van der Waals surface area contributed by atoms with Crippen molar-refractivity contribution < 1.29 is 4.79 Å². The van der Waals surface area contributed by atoms with Gasteiger partial charge in [0.2, 0.25) is 5.91 Å². The summed E-state index contributed by atoms with van der Waals surface area (Å²) in [5.74, 6) is 0.843. The summed E-state index contributed by atoms with van der Waals surface area (Å²) < 4.78 is 0. The van der Waals surface area contributed by atoms with Crippen molar-refractivity contribution in [1.29, 1.82) is 0 Å². The molecule has 0 radical (unpaired) electrons. The molecule has 0 bridgehead atoms. The lowest BCUT2D eigenvalue weighted by Gasteiger charge is -2.35. The number of piperidine rings is 1. The first-order chi connectivity index (χ1) is 9.25. The number of carbonyl (C=O) groups is 1. The van der Waals surface area contributed by atoms with E-state index in [-0.39, 0.29) is 11.2 Å². The number of thioether (sulfide) groups is 1. The van der Waals surface area contributed by atoms with Crippen molar-refractivity contribution in [2.75, 3.05) is 24.5 Å². The molecule has 1 aromatic carbocycles. The number of hydrogen-bond acceptors (Lipinski definition) is 3. The molecule has 2 atom stereocenters. The Morgan fingerprint density at radius 2 is 2.26 bits per heavy atom. The lowest BCUT2D eigenvalue weighted by molar-refractivity contribution is -0.118. The molecule has 0 aromatic heterocycles. The molecule has 19 heavy (non-hydrogen) atoms. The van der Waals surface area contributed by atoms with Crippen molar-refractivity contribution in [3.8, 4) is 0 Å².